The van der Waals surface area contributed by atoms with Gasteiger partial charge in [-0.05, 0) is 39.0 Å². The lowest BCUT2D eigenvalue weighted by molar-refractivity contribution is 0.144. The van der Waals surface area contributed by atoms with Gasteiger partial charge in [0.15, 0.2) is 11.6 Å². The highest BCUT2D eigenvalue weighted by Crippen LogP contribution is 2.26. The Hall–Kier alpha value is -3.36. The summed E-state index contributed by atoms with van der Waals surface area (Å²) >= 11 is 0. The van der Waals surface area contributed by atoms with Gasteiger partial charge in [0.25, 0.3) is 5.56 Å². The zero-order valence-electron chi connectivity index (χ0n) is 13.9. The van der Waals surface area contributed by atoms with E-state index in [1.165, 1.54) is 16.8 Å². The third-order valence-corrected chi connectivity index (χ3v) is 3.54. The summed E-state index contributed by atoms with van der Waals surface area (Å²) in [5, 5.41) is 24.0. The Balaban J connectivity index is 2.19. The Bertz CT molecular complexity index is 1010. The van der Waals surface area contributed by atoms with Crippen LogP contribution in [0.5, 0.6) is 5.75 Å². The van der Waals surface area contributed by atoms with Crippen LogP contribution in [0.25, 0.3) is 10.8 Å². The maximum Gasteiger partial charge on any atom is 0.511 e. The van der Waals surface area contributed by atoms with E-state index in [1.54, 1.807) is 12.1 Å². The summed E-state index contributed by atoms with van der Waals surface area (Å²) in [6.45, 7) is 5.54. The summed E-state index contributed by atoms with van der Waals surface area (Å²) in [6.07, 6.45) is -1.44. The fraction of sp³-hybridized carbons (Fsp3) is 0.250. The number of anilines is 2. The Labute approximate surface area is 142 Å². The molecule has 0 unspecified atom stereocenters. The molecule has 0 fully saturated rings. The fourth-order valence-electron chi connectivity index (χ4n) is 2.45. The predicted octanol–water partition coefficient (Wildman–Crippen LogP) is 2.81. The molecule has 1 aromatic carbocycles. The van der Waals surface area contributed by atoms with Crippen molar-refractivity contribution in [3.63, 3.8) is 0 Å². The van der Waals surface area contributed by atoms with Crippen LogP contribution < -0.4 is 15.6 Å². The number of nitrogens with zero attached hydrogens (tertiary/aromatic N) is 3. The summed E-state index contributed by atoms with van der Waals surface area (Å²) in [6, 6.07) is 6.09. The van der Waals surface area contributed by atoms with Crippen molar-refractivity contribution in [2.24, 2.45) is 0 Å². The largest absolute Gasteiger partial charge is 0.511 e. The standard InChI is InChI=1S/C16H17N5O4/c1-8(2)21-15(22)12-7-10(25-16(23)24)4-5-11(12)14(20-21)17-13-6-9(3)18-19-13/h4-8H,1-3H3,(H,23,24)(H2,17,18,19,20). The van der Waals surface area contributed by atoms with E-state index in [0.717, 1.165) is 5.69 Å². The van der Waals surface area contributed by atoms with E-state index in [9.17, 15) is 9.59 Å². The molecule has 0 aliphatic rings. The lowest BCUT2D eigenvalue weighted by Gasteiger charge is -2.14. The molecule has 0 saturated carbocycles. The SMILES string of the molecule is Cc1cc(Nc2nn(C(C)C)c(=O)c3cc(OC(=O)O)ccc23)n[nH]1. The molecule has 0 aliphatic carbocycles. The van der Waals surface area contributed by atoms with Gasteiger partial charge in [-0.25, -0.2) is 9.48 Å². The highest BCUT2D eigenvalue weighted by Gasteiger charge is 2.15. The molecule has 0 radical (unpaired) electrons. The number of aromatic nitrogens is 4. The molecule has 3 aromatic rings. The van der Waals surface area contributed by atoms with Crippen molar-refractivity contribution in [2.45, 2.75) is 26.8 Å². The molecular formula is C16H17N5O4. The van der Waals surface area contributed by atoms with Crippen molar-refractivity contribution in [3.8, 4) is 5.75 Å². The minimum atomic E-state index is -1.44. The number of rotatable bonds is 4. The lowest BCUT2D eigenvalue weighted by atomic mass is 10.1. The van der Waals surface area contributed by atoms with Crippen LogP contribution in [0.2, 0.25) is 0 Å². The molecular weight excluding hydrogens is 326 g/mol. The molecule has 0 saturated heterocycles. The summed E-state index contributed by atoms with van der Waals surface area (Å²) in [7, 11) is 0. The van der Waals surface area contributed by atoms with Crippen LogP contribution >= 0.6 is 0 Å². The Morgan fingerprint density at radius 1 is 1.32 bits per heavy atom. The Kier molecular flexibility index (Phi) is 4.14. The average molecular weight is 343 g/mol. The third-order valence-electron chi connectivity index (χ3n) is 3.54. The zero-order valence-corrected chi connectivity index (χ0v) is 13.9. The minimum absolute atomic E-state index is 0.0696. The number of H-pyrrole nitrogens is 1. The second-order valence-corrected chi connectivity index (χ2v) is 5.83. The molecule has 0 atom stereocenters. The van der Waals surface area contributed by atoms with Crippen molar-refractivity contribution in [1.29, 1.82) is 0 Å². The maximum atomic E-state index is 12.7. The first-order valence-corrected chi connectivity index (χ1v) is 7.61. The van der Waals surface area contributed by atoms with Crippen LogP contribution in [0.4, 0.5) is 16.4 Å². The van der Waals surface area contributed by atoms with E-state index in [1.807, 2.05) is 20.8 Å². The Morgan fingerprint density at radius 3 is 2.68 bits per heavy atom. The monoisotopic (exact) mass is 343 g/mol. The summed E-state index contributed by atoms with van der Waals surface area (Å²) < 4.78 is 5.98. The molecule has 0 amide bonds. The van der Waals surface area contributed by atoms with Gasteiger partial charge in [-0.2, -0.15) is 10.2 Å². The van der Waals surface area contributed by atoms with Crippen molar-refractivity contribution in [2.75, 3.05) is 5.32 Å². The molecule has 2 aromatic heterocycles. The topological polar surface area (TPSA) is 122 Å². The molecule has 9 heteroatoms. The predicted molar refractivity (Wildman–Crippen MR) is 91.6 cm³/mol. The Morgan fingerprint density at radius 2 is 2.08 bits per heavy atom. The van der Waals surface area contributed by atoms with Crippen LogP contribution in [0, 0.1) is 6.92 Å². The van der Waals surface area contributed by atoms with E-state index in [-0.39, 0.29) is 17.4 Å². The molecule has 0 spiro atoms. The minimum Gasteiger partial charge on any atom is -0.449 e. The van der Waals surface area contributed by atoms with Gasteiger partial charge in [0, 0.05) is 17.1 Å². The van der Waals surface area contributed by atoms with Gasteiger partial charge in [-0.1, -0.05) is 0 Å². The first-order valence-electron chi connectivity index (χ1n) is 7.61. The number of carbonyl (C=O) groups is 1. The van der Waals surface area contributed by atoms with Gasteiger partial charge < -0.3 is 15.2 Å². The fourth-order valence-corrected chi connectivity index (χ4v) is 2.45. The number of hydrogen-bond acceptors (Lipinski definition) is 6. The molecule has 130 valence electrons. The van der Waals surface area contributed by atoms with Gasteiger partial charge in [-0.3, -0.25) is 9.89 Å². The maximum absolute atomic E-state index is 12.7. The number of hydrogen-bond donors (Lipinski definition) is 3. The highest BCUT2D eigenvalue weighted by molar-refractivity contribution is 5.93. The van der Waals surface area contributed by atoms with Gasteiger partial charge in [0.05, 0.1) is 11.4 Å². The van der Waals surface area contributed by atoms with Crippen LogP contribution in [-0.2, 0) is 0 Å². The van der Waals surface area contributed by atoms with E-state index in [0.29, 0.717) is 22.4 Å². The smallest absolute Gasteiger partial charge is 0.449 e. The number of carboxylic acid groups (broad SMARTS) is 1. The summed E-state index contributed by atoms with van der Waals surface area (Å²) in [4.78, 5) is 23.4. The van der Waals surface area contributed by atoms with Crippen LogP contribution in [0.3, 0.4) is 0 Å². The molecule has 0 bridgehead atoms. The number of fused-ring (bicyclic) bond motifs is 1. The van der Waals surface area contributed by atoms with E-state index >= 15 is 0 Å². The molecule has 0 aliphatic heterocycles. The van der Waals surface area contributed by atoms with Gasteiger partial charge in [0.1, 0.15) is 5.75 Å². The van der Waals surface area contributed by atoms with Crippen molar-refractivity contribution in [3.05, 3.63) is 40.3 Å². The second-order valence-electron chi connectivity index (χ2n) is 5.83. The summed E-state index contributed by atoms with van der Waals surface area (Å²) in [5.41, 5.74) is 0.547. The first kappa shape index (κ1) is 16.5. The number of nitrogens with one attached hydrogen (secondary N) is 2. The third kappa shape index (κ3) is 3.30. The van der Waals surface area contributed by atoms with Gasteiger partial charge in [0.2, 0.25) is 0 Å². The van der Waals surface area contributed by atoms with E-state index in [4.69, 9.17) is 5.11 Å². The van der Waals surface area contributed by atoms with E-state index in [2.05, 4.69) is 25.3 Å². The van der Waals surface area contributed by atoms with Crippen LogP contribution in [0.15, 0.2) is 29.1 Å². The summed E-state index contributed by atoms with van der Waals surface area (Å²) in [5.74, 6) is 1.07. The van der Waals surface area contributed by atoms with Gasteiger partial charge >= 0.3 is 6.16 Å². The molecule has 25 heavy (non-hydrogen) atoms. The molecule has 3 rings (SSSR count). The molecule has 3 N–H and O–H groups in total. The molecule has 9 nitrogen and oxygen atoms in total. The first-order chi connectivity index (χ1) is 11.8. The van der Waals surface area contributed by atoms with Crippen LogP contribution in [0.1, 0.15) is 25.6 Å². The number of aromatic amines is 1. The van der Waals surface area contributed by atoms with Crippen molar-refractivity contribution in [1.82, 2.24) is 20.0 Å². The van der Waals surface area contributed by atoms with Crippen LogP contribution in [-0.4, -0.2) is 31.2 Å². The normalized spacial score (nSPS) is 11.0. The highest BCUT2D eigenvalue weighted by atomic mass is 16.7. The van der Waals surface area contributed by atoms with Crippen molar-refractivity contribution < 1.29 is 14.6 Å². The van der Waals surface area contributed by atoms with Gasteiger partial charge in [-0.15, -0.1) is 0 Å². The number of aryl methyl sites for hydroxylation is 1. The van der Waals surface area contributed by atoms with Crippen molar-refractivity contribution >= 4 is 28.6 Å². The number of ether oxygens (including phenoxy) is 1. The average Bonchev–Trinajstić information content (AvgIpc) is 2.94. The quantitative estimate of drug-likeness (QED) is 0.492. The second kappa shape index (κ2) is 6.27. The van der Waals surface area contributed by atoms with E-state index < -0.39 is 6.16 Å². The number of benzene rings is 1. The zero-order chi connectivity index (χ0) is 18.1. The lowest BCUT2D eigenvalue weighted by Crippen LogP contribution is -2.25. The molecule has 2 heterocycles.